The molecule has 2 aromatic carbocycles. The Bertz CT molecular complexity index is 1050. The minimum absolute atomic E-state index is 0.0811. The van der Waals surface area contributed by atoms with Gasteiger partial charge >= 0.3 is 0 Å². The maximum absolute atomic E-state index is 13.3. The van der Waals surface area contributed by atoms with Gasteiger partial charge in [0.1, 0.15) is 13.2 Å². The number of benzene rings is 2. The van der Waals surface area contributed by atoms with E-state index in [4.69, 9.17) is 9.47 Å². The SMILES string of the molecule is CC(C)NS(=O)(=O)c1cccc(C(=O)N2CCC[C@H]2c2ccc3c(c2)OCCO3)c1. The fourth-order valence-corrected chi connectivity index (χ4v) is 5.26. The third-order valence-electron chi connectivity index (χ3n) is 5.25. The summed E-state index contributed by atoms with van der Waals surface area (Å²) in [5, 5.41) is 0. The number of hydrogen-bond acceptors (Lipinski definition) is 5. The van der Waals surface area contributed by atoms with Crippen LogP contribution in [0.25, 0.3) is 0 Å². The molecule has 0 radical (unpaired) electrons. The average Bonchev–Trinajstić information content (AvgIpc) is 3.22. The van der Waals surface area contributed by atoms with Crippen LogP contribution in [0.3, 0.4) is 0 Å². The van der Waals surface area contributed by atoms with E-state index in [1.807, 2.05) is 23.1 Å². The van der Waals surface area contributed by atoms with Crippen LogP contribution in [0.15, 0.2) is 47.4 Å². The van der Waals surface area contributed by atoms with Crippen molar-refractivity contribution >= 4 is 15.9 Å². The molecule has 160 valence electrons. The molecule has 1 fully saturated rings. The molecule has 2 aliphatic heterocycles. The number of nitrogens with zero attached hydrogens (tertiary/aromatic N) is 1. The van der Waals surface area contributed by atoms with E-state index in [9.17, 15) is 13.2 Å². The Balaban J connectivity index is 1.59. The van der Waals surface area contributed by atoms with E-state index in [2.05, 4.69) is 4.72 Å². The lowest BCUT2D eigenvalue weighted by Gasteiger charge is -2.27. The number of hydrogen-bond donors (Lipinski definition) is 1. The summed E-state index contributed by atoms with van der Waals surface area (Å²) in [6, 6.07) is 11.7. The van der Waals surface area contributed by atoms with E-state index < -0.39 is 10.0 Å². The zero-order valence-corrected chi connectivity index (χ0v) is 17.9. The molecule has 0 unspecified atom stereocenters. The number of amides is 1. The van der Waals surface area contributed by atoms with E-state index in [0.29, 0.717) is 31.1 Å². The highest BCUT2D eigenvalue weighted by molar-refractivity contribution is 7.89. The summed E-state index contributed by atoms with van der Waals surface area (Å²) >= 11 is 0. The molecule has 2 aromatic rings. The van der Waals surface area contributed by atoms with Gasteiger partial charge in [0.05, 0.1) is 10.9 Å². The molecule has 0 saturated carbocycles. The Labute approximate surface area is 177 Å². The summed E-state index contributed by atoms with van der Waals surface area (Å²) in [7, 11) is -3.67. The van der Waals surface area contributed by atoms with Crippen molar-refractivity contribution < 1.29 is 22.7 Å². The van der Waals surface area contributed by atoms with Crippen LogP contribution in [0, 0.1) is 0 Å². The van der Waals surface area contributed by atoms with E-state index in [0.717, 1.165) is 24.2 Å². The van der Waals surface area contributed by atoms with Gasteiger partial charge in [-0.1, -0.05) is 12.1 Å². The van der Waals surface area contributed by atoms with Crippen molar-refractivity contribution in [1.29, 1.82) is 0 Å². The molecule has 2 heterocycles. The van der Waals surface area contributed by atoms with Gasteiger partial charge in [0.15, 0.2) is 11.5 Å². The molecular formula is C22H26N2O5S. The number of sulfonamides is 1. The molecule has 30 heavy (non-hydrogen) atoms. The molecule has 1 N–H and O–H groups in total. The number of carbonyl (C=O) groups is 1. The van der Waals surface area contributed by atoms with Gasteiger partial charge in [-0.05, 0) is 62.6 Å². The minimum Gasteiger partial charge on any atom is -0.486 e. The van der Waals surface area contributed by atoms with Crippen LogP contribution >= 0.6 is 0 Å². The molecule has 7 nitrogen and oxygen atoms in total. The van der Waals surface area contributed by atoms with Crippen molar-refractivity contribution in [3.8, 4) is 11.5 Å². The maximum Gasteiger partial charge on any atom is 0.254 e. The van der Waals surface area contributed by atoms with Crippen molar-refractivity contribution in [3.05, 3.63) is 53.6 Å². The van der Waals surface area contributed by atoms with Crippen LogP contribution in [-0.4, -0.2) is 45.0 Å². The number of likely N-dealkylation sites (tertiary alicyclic amines) is 1. The number of rotatable bonds is 5. The highest BCUT2D eigenvalue weighted by Gasteiger charge is 2.32. The number of carbonyl (C=O) groups excluding carboxylic acids is 1. The zero-order chi connectivity index (χ0) is 21.3. The smallest absolute Gasteiger partial charge is 0.254 e. The Kier molecular flexibility index (Phi) is 5.71. The molecular weight excluding hydrogens is 404 g/mol. The van der Waals surface area contributed by atoms with Crippen molar-refractivity contribution in [1.82, 2.24) is 9.62 Å². The van der Waals surface area contributed by atoms with Gasteiger partial charge < -0.3 is 14.4 Å². The molecule has 0 spiro atoms. The summed E-state index contributed by atoms with van der Waals surface area (Å²) in [6.45, 7) is 5.18. The summed E-state index contributed by atoms with van der Waals surface area (Å²) < 4.78 is 38.8. The van der Waals surface area contributed by atoms with Crippen molar-refractivity contribution in [3.63, 3.8) is 0 Å². The van der Waals surface area contributed by atoms with Crippen LogP contribution in [-0.2, 0) is 10.0 Å². The second-order valence-corrected chi connectivity index (χ2v) is 9.58. The number of ether oxygens (including phenoxy) is 2. The first kappa shape index (κ1) is 20.7. The van der Waals surface area contributed by atoms with Gasteiger partial charge in [-0.3, -0.25) is 4.79 Å². The van der Waals surface area contributed by atoms with Crippen molar-refractivity contribution in [2.75, 3.05) is 19.8 Å². The molecule has 0 aliphatic carbocycles. The fraction of sp³-hybridized carbons (Fsp3) is 0.409. The summed E-state index contributed by atoms with van der Waals surface area (Å²) in [5.41, 5.74) is 1.36. The van der Waals surface area contributed by atoms with Gasteiger partial charge in [0.2, 0.25) is 10.0 Å². The topological polar surface area (TPSA) is 84.9 Å². The maximum atomic E-state index is 13.3. The highest BCUT2D eigenvalue weighted by Crippen LogP contribution is 2.38. The van der Waals surface area contributed by atoms with E-state index in [1.165, 1.54) is 12.1 Å². The minimum atomic E-state index is -3.67. The summed E-state index contributed by atoms with van der Waals surface area (Å²) in [5.74, 6) is 1.25. The number of fused-ring (bicyclic) bond motifs is 1. The normalized spacial score (nSPS) is 18.6. The fourth-order valence-electron chi connectivity index (χ4n) is 3.96. The van der Waals surface area contributed by atoms with Crippen molar-refractivity contribution in [2.24, 2.45) is 0 Å². The Morgan fingerprint density at radius 1 is 1.10 bits per heavy atom. The molecule has 0 bridgehead atoms. The molecule has 1 atom stereocenters. The number of nitrogens with one attached hydrogen (secondary N) is 1. The lowest BCUT2D eigenvalue weighted by Crippen LogP contribution is -2.32. The highest BCUT2D eigenvalue weighted by atomic mass is 32.2. The largest absolute Gasteiger partial charge is 0.486 e. The van der Waals surface area contributed by atoms with E-state index in [-0.39, 0.29) is 22.9 Å². The van der Waals surface area contributed by atoms with E-state index in [1.54, 1.807) is 26.0 Å². The average molecular weight is 431 g/mol. The van der Waals surface area contributed by atoms with Crippen LogP contribution < -0.4 is 14.2 Å². The van der Waals surface area contributed by atoms with Gasteiger partial charge in [0, 0.05) is 18.2 Å². The van der Waals surface area contributed by atoms with Gasteiger partial charge in [-0.25, -0.2) is 13.1 Å². The lowest BCUT2D eigenvalue weighted by molar-refractivity contribution is 0.0735. The molecule has 4 rings (SSSR count). The van der Waals surface area contributed by atoms with Crippen LogP contribution in [0.5, 0.6) is 11.5 Å². The van der Waals surface area contributed by atoms with Crippen LogP contribution in [0.4, 0.5) is 0 Å². The first-order valence-corrected chi connectivity index (χ1v) is 11.7. The van der Waals surface area contributed by atoms with Gasteiger partial charge in [-0.2, -0.15) is 0 Å². The van der Waals surface area contributed by atoms with Crippen LogP contribution in [0.2, 0.25) is 0 Å². The molecule has 8 heteroatoms. The lowest BCUT2D eigenvalue weighted by atomic mass is 10.0. The zero-order valence-electron chi connectivity index (χ0n) is 17.1. The summed E-state index contributed by atoms with van der Waals surface area (Å²) in [4.78, 5) is 15.2. The van der Waals surface area contributed by atoms with E-state index >= 15 is 0 Å². The standard InChI is InChI=1S/C22H26N2O5S/c1-15(2)23-30(26,27)18-6-3-5-17(13-18)22(25)24-10-4-7-19(24)16-8-9-20-21(14-16)29-12-11-28-20/h3,5-6,8-9,13-15,19,23H,4,7,10-12H2,1-2H3/t19-/m0/s1. The molecule has 2 aliphatic rings. The van der Waals surface area contributed by atoms with Crippen molar-refractivity contribution in [2.45, 2.75) is 43.7 Å². The second-order valence-electron chi connectivity index (χ2n) is 7.86. The molecule has 0 aromatic heterocycles. The quantitative estimate of drug-likeness (QED) is 0.788. The molecule has 1 amide bonds. The Morgan fingerprint density at radius 2 is 1.87 bits per heavy atom. The van der Waals surface area contributed by atoms with Gasteiger partial charge in [0.25, 0.3) is 5.91 Å². The van der Waals surface area contributed by atoms with Gasteiger partial charge in [-0.15, -0.1) is 0 Å². The Morgan fingerprint density at radius 3 is 2.63 bits per heavy atom. The third kappa shape index (κ3) is 4.15. The third-order valence-corrected chi connectivity index (χ3v) is 6.90. The molecule has 1 saturated heterocycles. The van der Waals surface area contributed by atoms with Crippen LogP contribution in [0.1, 0.15) is 48.7 Å². The monoisotopic (exact) mass is 430 g/mol. The second kappa shape index (κ2) is 8.28. The summed E-state index contributed by atoms with van der Waals surface area (Å²) in [6.07, 6.45) is 1.73. The first-order valence-electron chi connectivity index (χ1n) is 10.2. The predicted octanol–water partition coefficient (Wildman–Crippen LogP) is 3.12. The Hall–Kier alpha value is -2.58. The predicted molar refractivity (Wildman–Crippen MR) is 112 cm³/mol. The first-order chi connectivity index (χ1) is 14.3.